The van der Waals surface area contributed by atoms with E-state index in [1.807, 2.05) is 13.8 Å². The molecule has 0 saturated carbocycles. The molecule has 0 atom stereocenters. The molecule has 2 rings (SSSR count). The molecule has 0 heterocycles. The number of hydrogen-bond donors (Lipinski definition) is 5. The molecule has 0 aromatic heterocycles. The van der Waals surface area contributed by atoms with Crippen molar-refractivity contribution in [2.45, 2.75) is 52.0 Å². The first-order valence-electron chi connectivity index (χ1n) is 10.5. The predicted molar refractivity (Wildman–Crippen MR) is 137 cm³/mol. The van der Waals surface area contributed by atoms with Crippen LogP contribution in [0.25, 0.3) is 0 Å². The summed E-state index contributed by atoms with van der Waals surface area (Å²) in [6, 6.07) is 12.3. The van der Waals surface area contributed by atoms with Gasteiger partial charge in [-0.2, -0.15) is 0 Å². The van der Waals surface area contributed by atoms with Crippen LogP contribution in [0.2, 0.25) is 5.02 Å². The molecule has 0 radical (unpaired) electrons. The number of rotatable bonds is 9. The van der Waals surface area contributed by atoms with Crippen LogP contribution in [0, 0.1) is 0 Å². The first kappa shape index (κ1) is 25.6. The number of benzene rings is 2. The Morgan fingerprint density at radius 3 is 1.91 bits per heavy atom. The molecule has 0 aliphatic carbocycles. The molecule has 9 heteroatoms. The fraction of sp³-hybridized carbons (Fsp3) is 0.348. The predicted octanol–water partition coefficient (Wildman–Crippen LogP) is 5.34. The Labute approximate surface area is 199 Å². The maximum atomic E-state index is 12.8. The van der Waals surface area contributed by atoms with E-state index < -0.39 is 5.54 Å². The van der Waals surface area contributed by atoms with Crippen molar-refractivity contribution < 1.29 is 9.59 Å². The Morgan fingerprint density at radius 1 is 0.906 bits per heavy atom. The molecule has 0 spiro atoms. The Morgan fingerprint density at radius 2 is 1.41 bits per heavy atom. The van der Waals surface area contributed by atoms with Crippen molar-refractivity contribution in [3.05, 3.63) is 47.5 Å². The number of amides is 2. The van der Waals surface area contributed by atoms with Crippen LogP contribution in [-0.2, 0) is 9.59 Å². The van der Waals surface area contributed by atoms with E-state index in [9.17, 15) is 9.59 Å². The standard InChI is InChI=1S/C23H30ClN5O2S/c1-4-12-23(25,13-5-2)21(31)29-20-11-10-18(14-19(20)24)28-22(32)27-17-8-6-16(7-9-17)26-15(3)30/h6-11,14H,4-5,12-13,25H2,1-3H3,(H,26,30)(H,29,31)(H2,27,28,32). The van der Waals surface area contributed by atoms with Gasteiger partial charge in [-0.3, -0.25) is 9.59 Å². The monoisotopic (exact) mass is 475 g/mol. The second kappa shape index (κ2) is 11.8. The topological polar surface area (TPSA) is 108 Å². The minimum atomic E-state index is -0.912. The van der Waals surface area contributed by atoms with E-state index in [1.54, 1.807) is 42.5 Å². The summed E-state index contributed by atoms with van der Waals surface area (Å²) in [5.74, 6) is -0.365. The highest BCUT2D eigenvalue weighted by Crippen LogP contribution is 2.28. The molecule has 0 bridgehead atoms. The van der Waals surface area contributed by atoms with Crippen LogP contribution in [0.5, 0.6) is 0 Å². The van der Waals surface area contributed by atoms with Gasteiger partial charge < -0.3 is 27.0 Å². The highest BCUT2D eigenvalue weighted by molar-refractivity contribution is 7.80. The lowest BCUT2D eigenvalue weighted by molar-refractivity contribution is -0.121. The molecule has 2 aromatic carbocycles. The lowest BCUT2D eigenvalue weighted by Gasteiger charge is -2.27. The summed E-state index contributed by atoms with van der Waals surface area (Å²) in [5, 5.41) is 12.4. The minimum Gasteiger partial charge on any atom is -0.332 e. The van der Waals surface area contributed by atoms with Crippen molar-refractivity contribution in [2.75, 3.05) is 21.3 Å². The van der Waals surface area contributed by atoms with Gasteiger partial charge in [-0.1, -0.05) is 38.3 Å². The summed E-state index contributed by atoms with van der Waals surface area (Å²) in [5.41, 5.74) is 8.06. The zero-order chi connectivity index (χ0) is 23.7. The van der Waals surface area contributed by atoms with Crippen LogP contribution in [0.15, 0.2) is 42.5 Å². The van der Waals surface area contributed by atoms with Crippen LogP contribution >= 0.6 is 23.8 Å². The molecular formula is C23H30ClN5O2S. The quantitative estimate of drug-likeness (QED) is 0.313. The summed E-state index contributed by atoms with van der Waals surface area (Å²) in [6.45, 7) is 5.47. The minimum absolute atomic E-state index is 0.132. The van der Waals surface area contributed by atoms with Crippen molar-refractivity contribution >= 4 is 63.5 Å². The fourth-order valence-corrected chi connectivity index (χ4v) is 3.78. The van der Waals surface area contributed by atoms with Crippen molar-refractivity contribution in [3.8, 4) is 0 Å². The zero-order valence-corrected chi connectivity index (χ0v) is 20.1. The summed E-state index contributed by atoms with van der Waals surface area (Å²) in [4.78, 5) is 23.9. The summed E-state index contributed by atoms with van der Waals surface area (Å²) in [7, 11) is 0. The first-order chi connectivity index (χ1) is 15.2. The molecule has 32 heavy (non-hydrogen) atoms. The second-order valence-electron chi connectivity index (χ2n) is 7.64. The average Bonchev–Trinajstić information content (AvgIpc) is 2.71. The van der Waals surface area contributed by atoms with E-state index >= 15 is 0 Å². The third kappa shape index (κ3) is 7.47. The first-order valence-corrected chi connectivity index (χ1v) is 11.3. The van der Waals surface area contributed by atoms with Crippen LogP contribution < -0.4 is 27.0 Å². The Bertz CT molecular complexity index is 959. The maximum Gasteiger partial charge on any atom is 0.244 e. The maximum absolute atomic E-state index is 12.8. The highest BCUT2D eigenvalue weighted by atomic mass is 35.5. The summed E-state index contributed by atoms with van der Waals surface area (Å²) >= 11 is 11.7. The van der Waals surface area contributed by atoms with Gasteiger partial charge in [0, 0.05) is 24.0 Å². The molecule has 2 amide bonds. The van der Waals surface area contributed by atoms with Crippen LogP contribution in [0.3, 0.4) is 0 Å². The van der Waals surface area contributed by atoms with Gasteiger partial charge in [0.15, 0.2) is 5.11 Å². The molecular weight excluding hydrogens is 446 g/mol. The SMILES string of the molecule is CCCC(N)(CCC)C(=O)Nc1ccc(NC(=S)Nc2ccc(NC(C)=O)cc2)cc1Cl. The Kier molecular flexibility index (Phi) is 9.43. The number of halogens is 1. The second-order valence-corrected chi connectivity index (χ2v) is 8.46. The number of hydrogen-bond acceptors (Lipinski definition) is 4. The number of anilines is 4. The summed E-state index contributed by atoms with van der Waals surface area (Å²) < 4.78 is 0. The Hall–Kier alpha value is -2.68. The molecule has 0 aliphatic heterocycles. The van der Waals surface area contributed by atoms with E-state index in [0.717, 1.165) is 18.5 Å². The van der Waals surface area contributed by atoms with Gasteiger partial charge in [-0.25, -0.2) is 0 Å². The number of thiocarbonyl (C=S) groups is 1. The third-order valence-corrected chi connectivity index (χ3v) is 5.30. The lowest BCUT2D eigenvalue weighted by atomic mass is 9.89. The van der Waals surface area contributed by atoms with Gasteiger partial charge in [0.25, 0.3) is 0 Å². The van der Waals surface area contributed by atoms with Crippen molar-refractivity contribution in [1.82, 2.24) is 0 Å². The molecule has 0 saturated heterocycles. The lowest BCUT2D eigenvalue weighted by Crippen LogP contribution is -2.51. The fourth-order valence-electron chi connectivity index (χ4n) is 3.32. The normalized spacial score (nSPS) is 10.9. The van der Waals surface area contributed by atoms with Gasteiger partial charge in [0.05, 0.1) is 16.2 Å². The largest absolute Gasteiger partial charge is 0.332 e. The smallest absolute Gasteiger partial charge is 0.244 e. The van der Waals surface area contributed by atoms with Crippen LogP contribution in [-0.4, -0.2) is 22.5 Å². The number of nitrogens with one attached hydrogen (secondary N) is 4. The third-order valence-electron chi connectivity index (χ3n) is 4.78. The molecule has 7 nitrogen and oxygen atoms in total. The highest BCUT2D eigenvalue weighted by Gasteiger charge is 2.32. The molecule has 0 unspecified atom stereocenters. The molecule has 6 N–H and O–H groups in total. The van der Waals surface area contributed by atoms with Gasteiger partial charge in [-0.15, -0.1) is 0 Å². The molecule has 2 aromatic rings. The number of nitrogens with two attached hydrogens (primary N) is 1. The van der Waals surface area contributed by atoms with Gasteiger partial charge in [0.1, 0.15) is 0 Å². The van der Waals surface area contributed by atoms with E-state index in [2.05, 4.69) is 21.3 Å². The Balaban J connectivity index is 1.99. The van der Waals surface area contributed by atoms with Gasteiger partial charge >= 0.3 is 0 Å². The number of carbonyl (C=O) groups is 2. The molecule has 0 aliphatic rings. The zero-order valence-electron chi connectivity index (χ0n) is 18.5. The van der Waals surface area contributed by atoms with E-state index in [-0.39, 0.29) is 11.8 Å². The summed E-state index contributed by atoms with van der Waals surface area (Å²) in [6.07, 6.45) is 2.85. The van der Waals surface area contributed by atoms with E-state index in [1.165, 1.54) is 6.92 Å². The average molecular weight is 476 g/mol. The van der Waals surface area contributed by atoms with Gasteiger partial charge in [0.2, 0.25) is 11.8 Å². The molecule has 172 valence electrons. The van der Waals surface area contributed by atoms with E-state index in [4.69, 9.17) is 29.6 Å². The van der Waals surface area contributed by atoms with Crippen LogP contribution in [0.1, 0.15) is 46.5 Å². The van der Waals surface area contributed by atoms with Crippen molar-refractivity contribution in [1.29, 1.82) is 0 Å². The number of carbonyl (C=O) groups excluding carboxylic acids is 2. The van der Waals surface area contributed by atoms with Crippen molar-refractivity contribution in [3.63, 3.8) is 0 Å². The molecule has 0 fully saturated rings. The van der Waals surface area contributed by atoms with E-state index in [0.29, 0.717) is 40.0 Å². The van der Waals surface area contributed by atoms with Crippen LogP contribution in [0.4, 0.5) is 22.7 Å². The van der Waals surface area contributed by atoms with Gasteiger partial charge in [-0.05, 0) is 67.5 Å². The van der Waals surface area contributed by atoms with Crippen molar-refractivity contribution in [2.24, 2.45) is 5.73 Å².